The van der Waals surface area contributed by atoms with Gasteiger partial charge in [0.15, 0.2) is 5.96 Å². The van der Waals surface area contributed by atoms with Gasteiger partial charge in [-0.15, -0.1) is 41.9 Å². The summed E-state index contributed by atoms with van der Waals surface area (Å²) in [6.45, 7) is 9.67. The highest BCUT2D eigenvalue weighted by atomic mass is 127. The van der Waals surface area contributed by atoms with E-state index in [4.69, 9.17) is 5.14 Å². The summed E-state index contributed by atoms with van der Waals surface area (Å²) in [5, 5.41) is 11.4. The molecule has 1 aromatic heterocycles. The van der Waals surface area contributed by atoms with Crippen molar-refractivity contribution in [1.82, 2.24) is 10.6 Å². The smallest absolute Gasteiger partial charge is 0.247 e. The SMILES string of the molecule is C=CCNC(=NCc1ccc(S(N)(=O)=O)s1)NCC(C)C.I. The molecule has 6 nitrogen and oxygen atoms in total. The second-order valence-corrected chi connectivity index (χ2v) is 7.83. The quantitative estimate of drug-likeness (QED) is 0.252. The summed E-state index contributed by atoms with van der Waals surface area (Å²) in [5.74, 6) is 1.17. The van der Waals surface area contributed by atoms with Crippen molar-refractivity contribution in [3.63, 3.8) is 0 Å². The Morgan fingerprint density at radius 2 is 2.14 bits per heavy atom. The molecule has 0 aromatic carbocycles. The third-order valence-corrected chi connectivity index (χ3v) is 4.91. The number of hydrogen-bond acceptors (Lipinski definition) is 4. The first-order valence-electron chi connectivity index (χ1n) is 6.57. The molecule has 0 unspecified atom stereocenters. The highest BCUT2D eigenvalue weighted by Gasteiger charge is 2.11. The van der Waals surface area contributed by atoms with Gasteiger partial charge in [-0.1, -0.05) is 19.9 Å². The van der Waals surface area contributed by atoms with E-state index in [9.17, 15) is 8.42 Å². The summed E-state index contributed by atoms with van der Waals surface area (Å²) in [5.41, 5.74) is 0. The Bertz CT molecular complexity index is 597. The molecule has 1 aromatic rings. The lowest BCUT2D eigenvalue weighted by Gasteiger charge is -2.12. The van der Waals surface area contributed by atoms with E-state index in [1.165, 1.54) is 6.07 Å². The molecule has 0 saturated carbocycles. The first kappa shape index (κ1) is 21.4. The molecule has 0 fully saturated rings. The van der Waals surface area contributed by atoms with Crippen LogP contribution in [-0.4, -0.2) is 27.5 Å². The molecule has 0 saturated heterocycles. The first-order valence-corrected chi connectivity index (χ1v) is 8.93. The zero-order valence-corrected chi connectivity index (χ0v) is 16.7. The zero-order valence-electron chi connectivity index (χ0n) is 12.7. The summed E-state index contributed by atoms with van der Waals surface area (Å²) in [6, 6.07) is 3.23. The van der Waals surface area contributed by atoms with Crippen molar-refractivity contribution in [2.45, 2.75) is 24.6 Å². The Morgan fingerprint density at radius 1 is 1.45 bits per heavy atom. The van der Waals surface area contributed by atoms with E-state index in [0.29, 0.717) is 25.0 Å². The van der Waals surface area contributed by atoms with Crippen LogP contribution in [0.1, 0.15) is 18.7 Å². The first-order chi connectivity index (χ1) is 9.82. The van der Waals surface area contributed by atoms with Crippen LogP contribution in [0.15, 0.2) is 34.0 Å². The highest BCUT2D eigenvalue weighted by Crippen LogP contribution is 2.20. The Hall–Kier alpha value is -0.650. The number of nitrogens with one attached hydrogen (secondary N) is 2. The Kier molecular flexibility index (Phi) is 9.89. The van der Waals surface area contributed by atoms with Crippen LogP contribution in [0, 0.1) is 5.92 Å². The third-order valence-electron chi connectivity index (χ3n) is 2.40. The van der Waals surface area contributed by atoms with Gasteiger partial charge in [0.05, 0.1) is 6.54 Å². The molecule has 0 spiro atoms. The third kappa shape index (κ3) is 8.11. The summed E-state index contributed by atoms with van der Waals surface area (Å²) >= 11 is 1.13. The molecule has 0 aliphatic rings. The molecule has 0 bridgehead atoms. The topological polar surface area (TPSA) is 96.6 Å². The summed E-state index contributed by atoms with van der Waals surface area (Å²) in [4.78, 5) is 5.26. The summed E-state index contributed by atoms with van der Waals surface area (Å²) in [6.07, 6.45) is 1.75. The van der Waals surface area contributed by atoms with Crippen molar-refractivity contribution in [2.24, 2.45) is 16.0 Å². The molecule has 22 heavy (non-hydrogen) atoms. The van der Waals surface area contributed by atoms with Crippen LogP contribution < -0.4 is 15.8 Å². The predicted molar refractivity (Wildman–Crippen MR) is 103 cm³/mol. The number of guanidine groups is 1. The molecule has 9 heteroatoms. The van der Waals surface area contributed by atoms with Gasteiger partial charge in [-0.05, 0) is 18.1 Å². The Morgan fingerprint density at radius 3 is 2.64 bits per heavy atom. The van der Waals surface area contributed by atoms with Crippen molar-refractivity contribution in [1.29, 1.82) is 0 Å². The van der Waals surface area contributed by atoms with Crippen LogP contribution >= 0.6 is 35.3 Å². The molecule has 1 heterocycles. The number of nitrogens with two attached hydrogens (primary N) is 1. The van der Waals surface area contributed by atoms with Gasteiger partial charge in [-0.25, -0.2) is 18.5 Å². The molecule has 0 radical (unpaired) electrons. The minimum absolute atomic E-state index is 0. The molecule has 1 rings (SSSR count). The number of rotatable bonds is 7. The molecule has 0 aliphatic carbocycles. The van der Waals surface area contributed by atoms with Crippen molar-refractivity contribution in [2.75, 3.05) is 13.1 Å². The number of sulfonamides is 1. The maximum atomic E-state index is 11.2. The second-order valence-electron chi connectivity index (χ2n) is 4.87. The average Bonchev–Trinajstić information content (AvgIpc) is 2.86. The van der Waals surface area contributed by atoms with Crippen molar-refractivity contribution in [3.8, 4) is 0 Å². The molecular formula is C13H23IN4O2S2. The molecule has 4 N–H and O–H groups in total. The van der Waals surface area contributed by atoms with Crippen molar-refractivity contribution < 1.29 is 8.42 Å². The van der Waals surface area contributed by atoms with Gasteiger partial charge in [0.1, 0.15) is 4.21 Å². The fraction of sp³-hybridized carbons (Fsp3) is 0.462. The van der Waals surface area contributed by atoms with E-state index in [0.717, 1.165) is 22.8 Å². The lowest BCUT2D eigenvalue weighted by Crippen LogP contribution is -2.39. The highest BCUT2D eigenvalue weighted by molar-refractivity contribution is 14.0. The van der Waals surface area contributed by atoms with Crippen molar-refractivity contribution in [3.05, 3.63) is 29.7 Å². The van der Waals surface area contributed by atoms with Gasteiger partial charge in [0.25, 0.3) is 0 Å². The van der Waals surface area contributed by atoms with Crippen molar-refractivity contribution >= 4 is 51.3 Å². The predicted octanol–water partition coefficient (Wildman–Crippen LogP) is 1.89. The minimum atomic E-state index is -3.63. The normalized spacial score (nSPS) is 11.9. The largest absolute Gasteiger partial charge is 0.356 e. The fourth-order valence-corrected chi connectivity index (χ4v) is 3.10. The van der Waals surface area contributed by atoms with Gasteiger partial charge < -0.3 is 10.6 Å². The number of hydrogen-bond donors (Lipinski definition) is 3. The summed E-state index contributed by atoms with van der Waals surface area (Å²) < 4.78 is 22.6. The number of thiophene rings is 1. The van der Waals surface area contributed by atoms with Gasteiger partial charge in [-0.3, -0.25) is 0 Å². The number of halogens is 1. The number of aliphatic imine (C=N–C) groups is 1. The van der Waals surface area contributed by atoms with E-state index in [-0.39, 0.29) is 28.2 Å². The van der Waals surface area contributed by atoms with Gasteiger partial charge in [-0.2, -0.15) is 0 Å². The maximum Gasteiger partial charge on any atom is 0.247 e. The maximum absolute atomic E-state index is 11.2. The average molecular weight is 458 g/mol. The van der Waals surface area contributed by atoms with Crippen LogP contribution in [0.25, 0.3) is 0 Å². The standard InChI is InChI=1S/C13H22N4O2S2.HI/c1-4-7-15-13(16-8-10(2)3)17-9-11-5-6-12(20-11)21(14,18)19;/h4-6,10H,1,7-9H2,2-3H3,(H2,14,18,19)(H2,15,16,17);1H. The van der Waals surface area contributed by atoms with Crippen LogP contribution in [0.5, 0.6) is 0 Å². The summed E-state index contributed by atoms with van der Waals surface area (Å²) in [7, 11) is -3.63. The van der Waals surface area contributed by atoms with E-state index < -0.39 is 10.0 Å². The van der Waals surface area contributed by atoms with Crippen LogP contribution in [0.2, 0.25) is 0 Å². The van der Waals surface area contributed by atoms with Crippen LogP contribution in [-0.2, 0) is 16.6 Å². The molecule has 0 amide bonds. The molecular weight excluding hydrogens is 435 g/mol. The van der Waals surface area contributed by atoms with Crippen LogP contribution in [0.3, 0.4) is 0 Å². The lowest BCUT2D eigenvalue weighted by atomic mass is 10.2. The van der Waals surface area contributed by atoms with E-state index >= 15 is 0 Å². The van der Waals surface area contributed by atoms with Gasteiger partial charge in [0, 0.05) is 18.0 Å². The molecule has 0 atom stereocenters. The second kappa shape index (κ2) is 10.2. The zero-order chi connectivity index (χ0) is 15.9. The Labute approximate surface area is 153 Å². The Balaban J connectivity index is 0.00000441. The molecule has 126 valence electrons. The minimum Gasteiger partial charge on any atom is -0.356 e. The number of primary sulfonamides is 1. The lowest BCUT2D eigenvalue weighted by molar-refractivity contribution is 0.600. The number of nitrogens with zero attached hydrogens (tertiary/aromatic N) is 1. The van der Waals surface area contributed by atoms with E-state index in [1.54, 1.807) is 12.1 Å². The fourth-order valence-electron chi connectivity index (χ4n) is 1.40. The van der Waals surface area contributed by atoms with Gasteiger partial charge >= 0.3 is 0 Å². The molecule has 0 aliphatic heterocycles. The van der Waals surface area contributed by atoms with E-state index in [1.807, 2.05) is 0 Å². The monoisotopic (exact) mass is 458 g/mol. The van der Waals surface area contributed by atoms with Gasteiger partial charge in [0.2, 0.25) is 10.0 Å². The van der Waals surface area contributed by atoms with Crippen LogP contribution in [0.4, 0.5) is 0 Å². The van der Waals surface area contributed by atoms with E-state index in [2.05, 4.69) is 36.1 Å².